The van der Waals surface area contributed by atoms with E-state index in [0.717, 1.165) is 17.0 Å². The topological polar surface area (TPSA) is 90.5 Å². The number of rotatable bonds is 8. The van der Waals surface area contributed by atoms with Crippen molar-refractivity contribution < 1.29 is 23.5 Å². The molecule has 1 amide bonds. The zero-order valence-corrected chi connectivity index (χ0v) is 19.9. The maximum Gasteiger partial charge on any atom is 0.338 e. The van der Waals surface area contributed by atoms with E-state index < -0.39 is 11.9 Å². The summed E-state index contributed by atoms with van der Waals surface area (Å²) in [5.41, 5.74) is 3.81. The Morgan fingerprint density at radius 2 is 1.88 bits per heavy atom. The molecule has 0 unspecified atom stereocenters. The number of carbonyl (C=O) groups excluding carboxylic acids is 3. The van der Waals surface area contributed by atoms with E-state index in [0.29, 0.717) is 17.8 Å². The Kier molecular flexibility index (Phi) is 6.79. The average Bonchev–Trinajstić information content (AvgIpc) is 3.58. The zero-order chi connectivity index (χ0) is 24.2. The van der Waals surface area contributed by atoms with Crippen molar-refractivity contribution in [3.8, 4) is 0 Å². The number of hydrogen-bond acceptors (Lipinski definition) is 6. The Morgan fingerprint density at radius 3 is 2.59 bits per heavy atom. The standard InChI is InChI=1S/C26H24N2O5S/c1-16-8-9-19(13-22(16)27-25(30)24-7-4-10-32-24)26(31)33-15-23(29)21-12-17(2)28(18(21)3)14-20-6-5-11-34-20/h4-13H,14-15H2,1-3H3,(H,27,30). The molecule has 8 heteroatoms. The van der Waals surface area contributed by atoms with Gasteiger partial charge in [0, 0.05) is 27.5 Å². The van der Waals surface area contributed by atoms with Crippen LogP contribution < -0.4 is 5.32 Å². The van der Waals surface area contributed by atoms with E-state index in [9.17, 15) is 14.4 Å². The monoisotopic (exact) mass is 476 g/mol. The summed E-state index contributed by atoms with van der Waals surface area (Å²) in [5.74, 6) is -1.17. The predicted molar refractivity (Wildman–Crippen MR) is 130 cm³/mol. The van der Waals surface area contributed by atoms with E-state index in [2.05, 4.69) is 16.0 Å². The number of benzene rings is 1. The molecule has 0 bridgehead atoms. The highest BCUT2D eigenvalue weighted by molar-refractivity contribution is 7.09. The van der Waals surface area contributed by atoms with Gasteiger partial charge in [0.2, 0.25) is 5.78 Å². The molecule has 0 saturated carbocycles. The smallest absolute Gasteiger partial charge is 0.338 e. The quantitative estimate of drug-likeness (QED) is 0.271. The number of furan rings is 1. The van der Waals surface area contributed by atoms with Crippen LogP contribution in [0.5, 0.6) is 0 Å². The normalized spacial score (nSPS) is 10.8. The average molecular weight is 477 g/mol. The van der Waals surface area contributed by atoms with Gasteiger partial charge in [-0.05, 0) is 68.1 Å². The van der Waals surface area contributed by atoms with Crippen LogP contribution in [-0.2, 0) is 11.3 Å². The highest BCUT2D eigenvalue weighted by Gasteiger charge is 2.19. The summed E-state index contributed by atoms with van der Waals surface area (Å²) in [4.78, 5) is 38.9. The van der Waals surface area contributed by atoms with Crippen molar-refractivity contribution in [3.05, 3.63) is 98.9 Å². The van der Waals surface area contributed by atoms with Gasteiger partial charge in [0.1, 0.15) is 0 Å². The molecule has 1 aromatic carbocycles. The van der Waals surface area contributed by atoms with Crippen LogP contribution in [0.25, 0.3) is 0 Å². The number of thiophene rings is 1. The second-order valence-corrected chi connectivity index (χ2v) is 8.94. The van der Waals surface area contributed by atoms with Gasteiger partial charge in [0.15, 0.2) is 12.4 Å². The van der Waals surface area contributed by atoms with Crippen molar-refractivity contribution in [1.29, 1.82) is 0 Å². The lowest BCUT2D eigenvalue weighted by atomic mass is 10.1. The number of aryl methyl sites for hydroxylation is 2. The number of amides is 1. The zero-order valence-electron chi connectivity index (χ0n) is 19.1. The first-order chi connectivity index (χ1) is 16.3. The minimum Gasteiger partial charge on any atom is -0.459 e. The van der Waals surface area contributed by atoms with Crippen LogP contribution in [-0.4, -0.2) is 28.8 Å². The van der Waals surface area contributed by atoms with Gasteiger partial charge in [-0.3, -0.25) is 9.59 Å². The first-order valence-electron chi connectivity index (χ1n) is 10.7. The van der Waals surface area contributed by atoms with Crippen LogP contribution in [0.4, 0.5) is 5.69 Å². The van der Waals surface area contributed by atoms with Gasteiger partial charge < -0.3 is 19.0 Å². The molecule has 34 heavy (non-hydrogen) atoms. The summed E-state index contributed by atoms with van der Waals surface area (Å²) in [6.07, 6.45) is 1.41. The third-order valence-corrected chi connectivity index (χ3v) is 6.43. The molecule has 0 spiro atoms. The number of Topliss-reactive ketones (excluding diaryl/α,β-unsaturated/α-hetero) is 1. The molecule has 7 nitrogen and oxygen atoms in total. The number of anilines is 1. The summed E-state index contributed by atoms with van der Waals surface area (Å²) >= 11 is 1.66. The molecule has 0 radical (unpaired) electrons. The largest absolute Gasteiger partial charge is 0.459 e. The number of carbonyl (C=O) groups is 3. The molecule has 0 saturated heterocycles. The molecule has 1 N–H and O–H groups in total. The minimum atomic E-state index is -0.644. The molecule has 0 aliphatic rings. The fraction of sp³-hybridized carbons (Fsp3) is 0.192. The van der Waals surface area contributed by atoms with E-state index >= 15 is 0 Å². The predicted octanol–water partition coefficient (Wildman–Crippen LogP) is 5.41. The van der Waals surface area contributed by atoms with E-state index in [1.54, 1.807) is 35.6 Å². The number of ether oxygens (including phenoxy) is 1. The van der Waals surface area contributed by atoms with Crippen LogP contribution in [0.15, 0.2) is 64.6 Å². The summed E-state index contributed by atoms with van der Waals surface area (Å²) in [5, 5.41) is 4.75. The van der Waals surface area contributed by atoms with Crippen molar-refractivity contribution >= 4 is 34.7 Å². The van der Waals surface area contributed by atoms with E-state index in [-0.39, 0.29) is 23.7 Å². The van der Waals surface area contributed by atoms with E-state index in [1.165, 1.54) is 17.2 Å². The van der Waals surface area contributed by atoms with Gasteiger partial charge in [-0.1, -0.05) is 12.1 Å². The summed E-state index contributed by atoms with van der Waals surface area (Å²) < 4.78 is 12.5. The van der Waals surface area contributed by atoms with Gasteiger partial charge in [-0.15, -0.1) is 11.3 Å². The van der Waals surface area contributed by atoms with Crippen LogP contribution in [0.1, 0.15) is 53.1 Å². The highest BCUT2D eigenvalue weighted by Crippen LogP contribution is 2.21. The van der Waals surface area contributed by atoms with Crippen molar-refractivity contribution in [2.45, 2.75) is 27.3 Å². The molecule has 3 heterocycles. The first-order valence-corrected chi connectivity index (χ1v) is 11.6. The second-order valence-electron chi connectivity index (χ2n) is 7.91. The number of aromatic nitrogens is 1. The number of ketones is 1. The minimum absolute atomic E-state index is 0.162. The first kappa shape index (κ1) is 23.3. The number of nitrogens with one attached hydrogen (secondary N) is 1. The Labute approximate surface area is 201 Å². The second kappa shape index (κ2) is 9.93. The van der Waals surface area contributed by atoms with Gasteiger partial charge in [-0.25, -0.2) is 4.79 Å². The van der Waals surface area contributed by atoms with E-state index in [4.69, 9.17) is 9.15 Å². The number of hydrogen-bond donors (Lipinski definition) is 1. The van der Waals surface area contributed by atoms with Gasteiger partial charge in [-0.2, -0.15) is 0 Å². The van der Waals surface area contributed by atoms with E-state index in [1.807, 2.05) is 38.3 Å². The SMILES string of the molecule is Cc1ccc(C(=O)OCC(=O)c2cc(C)n(Cc3cccs3)c2C)cc1NC(=O)c1ccco1. The van der Waals surface area contributed by atoms with Crippen molar-refractivity contribution in [2.24, 2.45) is 0 Å². The van der Waals surface area contributed by atoms with Crippen LogP contribution in [0.3, 0.4) is 0 Å². The van der Waals surface area contributed by atoms with Crippen molar-refractivity contribution in [2.75, 3.05) is 11.9 Å². The molecular formula is C26H24N2O5S. The third-order valence-electron chi connectivity index (χ3n) is 5.57. The fourth-order valence-electron chi connectivity index (χ4n) is 3.65. The van der Waals surface area contributed by atoms with Gasteiger partial charge in [0.25, 0.3) is 5.91 Å². The molecule has 4 rings (SSSR count). The lowest BCUT2D eigenvalue weighted by Crippen LogP contribution is -2.16. The van der Waals surface area contributed by atoms with Crippen LogP contribution >= 0.6 is 11.3 Å². The number of nitrogens with zero attached hydrogens (tertiary/aromatic N) is 1. The van der Waals surface area contributed by atoms with Crippen molar-refractivity contribution in [1.82, 2.24) is 4.57 Å². The Morgan fingerprint density at radius 1 is 1.06 bits per heavy atom. The maximum atomic E-state index is 12.8. The van der Waals surface area contributed by atoms with Gasteiger partial charge >= 0.3 is 5.97 Å². The Bertz CT molecular complexity index is 1330. The van der Waals surface area contributed by atoms with Crippen molar-refractivity contribution in [3.63, 3.8) is 0 Å². The number of esters is 1. The third kappa shape index (κ3) is 5.02. The summed E-state index contributed by atoms with van der Waals surface area (Å²) in [6, 6.07) is 13.9. The van der Waals surface area contributed by atoms with Crippen LogP contribution in [0, 0.1) is 20.8 Å². The summed E-state index contributed by atoms with van der Waals surface area (Å²) in [7, 11) is 0. The maximum absolute atomic E-state index is 12.8. The molecule has 0 atom stereocenters. The molecule has 4 aromatic rings. The lowest BCUT2D eigenvalue weighted by molar-refractivity contribution is 0.0474. The van der Waals surface area contributed by atoms with Crippen LogP contribution in [0.2, 0.25) is 0 Å². The summed E-state index contributed by atoms with van der Waals surface area (Å²) in [6.45, 7) is 5.97. The molecule has 0 fully saturated rings. The lowest BCUT2D eigenvalue weighted by Gasteiger charge is -2.10. The fourth-order valence-corrected chi connectivity index (χ4v) is 4.35. The highest BCUT2D eigenvalue weighted by atomic mass is 32.1. The Hall–Kier alpha value is -3.91. The molecule has 174 valence electrons. The van der Waals surface area contributed by atoms with Gasteiger partial charge in [0.05, 0.1) is 18.4 Å². The molecule has 0 aliphatic carbocycles. The molecular weight excluding hydrogens is 452 g/mol. The molecule has 3 aromatic heterocycles. The Balaban J connectivity index is 1.42. The molecule has 0 aliphatic heterocycles.